The first-order valence-electron chi connectivity index (χ1n) is 5.60. The molecule has 0 saturated heterocycles. The fraction of sp³-hybridized carbons (Fsp3) is 0.250. The average Bonchev–Trinajstić information content (AvgIpc) is 2.93. The summed E-state index contributed by atoms with van der Waals surface area (Å²) in [4.78, 5) is 0. The van der Waals surface area contributed by atoms with Gasteiger partial charge < -0.3 is 11.5 Å². The average molecular weight is 238 g/mol. The van der Waals surface area contributed by atoms with Gasteiger partial charge in [-0.05, 0) is 30.4 Å². The van der Waals surface area contributed by atoms with Crippen LogP contribution in [0.3, 0.4) is 0 Å². The van der Waals surface area contributed by atoms with Crippen molar-refractivity contribution in [3.63, 3.8) is 0 Å². The fourth-order valence-electron chi connectivity index (χ4n) is 2.66. The van der Waals surface area contributed by atoms with Crippen LogP contribution in [0.15, 0.2) is 0 Å². The second-order valence-electron chi connectivity index (χ2n) is 4.32. The van der Waals surface area contributed by atoms with Crippen molar-refractivity contribution < 1.29 is 0 Å². The Balaban J connectivity index is 2.58. The minimum atomic E-state index is 0.161. The van der Waals surface area contributed by atoms with E-state index in [0.717, 1.165) is 30.4 Å². The molecule has 0 unspecified atom stereocenters. The van der Waals surface area contributed by atoms with Crippen LogP contribution < -0.4 is 11.5 Å². The van der Waals surface area contributed by atoms with Crippen molar-refractivity contribution in [2.24, 2.45) is 0 Å². The molecule has 2 aromatic rings. The first kappa shape index (κ1) is 10.4. The van der Waals surface area contributed by atoms with E-state index < -0.39 is 0 Å². The molecular formula is C12H10N6. The number of nitrogens with two attached hydrogens (primary N) is 2. The van der Waals surface area contributed by atoms with E-state index in [9.17, 15) is 5.26 Å². The van der Waals surface area contributed by atoms with Gasteiger partial charge in [0.2, 0.25) is 0 Å². The lowest BCUT2D eigenvalue weighted by atomic mass is 10.0. The van der Waals surface area contributed by atoms with E-state index in [1.807, 2.05) is 0 Å². The highest BCUT2D eigenvalue weighted by Crippen LogP contribution is 2.35. The lowest BCUT2D eigenvalue weighted by molar-refractivity contribution is 0.911. The molecule has 6 nitrogen and oxygen atoms in total. The van der Waals surface area contributed by atoms with Gasteiger partial charge in [-0.15, -0.1) is 5.10 Å². The van der Waals surface area contributed by atoms with E-state index in [2.05, 4.69) is 17.2 Å². The molecule has 6 heteroatoms. The fourth-order valence-corrected chi connectivity index (χ4v) is 2.66. The number of aryl methyl sites for hydroxylation is 1. The minimum Gasteiger partial charge on any atom is -0.383 e. The Labute approximate surface area is 103 Å². The highest BCUT2D eigenvalue weighted by atomic mass is 15.3. The third-order valence-electron chi connectivity index (χ3n) is 3.43. The number of anilines is 2. The molecule has 2 aromatic heterocycles. The molecule has 0 aliphatic heterocycles. The molecule has 18 heavy (non-hydrogen) atoms. The first-order valence-corrected chi connectivity index (χ1v) is 5.60. The predicted octanol–water partition coefficient (Wildman–Crippen LogP) is 0.731. The van der Waals surface area contributed by atoms with Crippen LogP contribution in [0.4, 0.5) is 11.6 Å². The maximum absolute atomic E-state index is 9.21. The van der Waals surface area contributed by atoms with Crippen molar-refractivity contribution in [1.82, 2.24) is 9.61 Å². The van der Waals surface area contributed by atoms with Crippen molar-refractivity contribution >= 4 is 17.2 Å². The molecule has 0 aromatic carbocycles. The topological polar surface area (TPSA) is 117 Å². The number of rotatable bonds is 0. The maximum Gasteiger partial charge on any atom is 0.164 e. The molecule has 0 radical (unpaired) electrons. The summed E-state index contributed by atoms with van der Waals surface area (Å²) >= 11 is 0. The summed E-state index contributed by atoms with van der Waals surface area (Å²) in [5, 5.41) is 22.4. The van der Waals surface area contributed by atoms with Gasteiger partial charge in [-0.25, -0.2) is 4.52 Å². The van der Waals surface area contributed by atoms with Gasteiger partial charge in [-0.1, -0.05) is 0 Å². The van der Waals surface area contributed by atoms with E-state index in [1.54, 1.807) is 0 Å². The first-order chi connectivity index (χ1) is 8.69. The SMILES string of the molecule is N#Cc1c2c(c3c(C#N)c(N)nn3c1N)CCC2. The molecule has 0 amide bonds. The lowest BCUT2D eigenvalue weighted by Crippen LogP contribution is -2.06. The minimum absolute atomic E-state index is 0.161. The second-order valence-corrected chi connectivity index (χ2v) is 4.32. The number of nitrogen functional groups attached to an aromatic ring is 2. The Morgan fingerprint density at radius 2 is 1.72 bits per heavy atom. The van der Waals surface area contributed by atoms with Gasteiger partial charge in [0.1, 0.15) is 23.5 Å². The van der Waals surface area contributed by atoms with Crippen LogP contribution >= 0.6 is 0 Å². The van der Waals surface area contributed by atoms with Gasteiger partial charge in [0.05, 0.1) is 11.1 Å². The van der Waals surface area contributed by atoms with Crippen molar-refractivity contribution in [3.8, 4) is 12.1 Å². The molecule has 2 heterocycles. The van der Waals surface area contributed by atoms with Crippen LogP contribution in [0, 0.1) is 22.7 Å². The Morgan fingerprint density at radius 3 is 2.39 bits per heavy atom. The van der Waals surface area contributed by atoms with Crippen molar-refractivity contribution in [1.29, 1.82) is 10.5 Å². The van der Waals surface area contributed by atoms with E-state index in [0.29, 0.717) is 16.6 Å². The highest BCUT2D eigenvalue weighted by Gasteiger charge is 2.26. The molecule has 1 aliphatic rings. The molecule has 0 saturated carbocycles. The number of hydrogen-bond donors (Lipinski definition) is 2. The number of nitriles is 2. The summed E-state index contributed by atoms with van der Waals surface area (Å²) in [5.74, 6) is 0.426. The Bertz CT molecular complexity index is 756. The quantitative estimate of drug-likeness (QED) is 0.701. The third kappa shape index (κ3) is 1.07. The molecule has 0 atom stereocenters. The predicted molar refractivity (Wildman–Crippen MR) is 65.5 cm³/mol. The van der Waals surface area contributed by atoms with Crippen molar-refractivity contribution in [3.05, 3.63) is 22.3 Å². The van der Waals surface area contributed by atoms with Crippen LogP contribution in [0.25, 0.3) is 5.52 Å². The Morgan fingerprint density at radius 1 is 1.06 bits per heavy atom. The number of aromatic nitrogens is 2. The molecule has 0 bridgehead atoms. The summed E-state index contributed by atoms with van der Waals surface area (Å²) in [7, 11) is 0. The summed E-state index contributed by atoms with van der Waals surface area (Å²) in [6.45, 7) is 0. The smallest absolute Gasteiger partial charge is 0.164 e. The van der Waals surface area contributed by atoms with Crippen LogP contribution in [0.5, 0.6) is 0 Å². The van der Waals surface area contributed by atoms with Gasteiger partial charge >= 0.3 is 0 Å². The zero-order chi connectivity index (χ0) is 12.9. The molecule has 0 fully saturated rings. The van der Waals surface area contributed by atoms with Gasteiger partial charge in [0, 0.05) is 0 Å². The van der Waals surface area contributed by atoms with E-state index >= 15 is 0 Å². The molecule has 0 spiro atoms. The highest BCUT2D eigenvalue weighted by molar-refractivity contribution is 5.79. The standard InChI is InChI=1S/C12H10N6/c13-4-8-6-2-1-3-7(6)10-9(5-14)11(15)17-18(10)12(8)16/h1-3,16H2,(H2,15,17). The van der Waals surface area contributed by atoms with Crippen molar-refractivity contribution in [2.75, 3.05) is 11.5 Å². The largest absolute Gasteiger partial charge is 0.383 e. The molecule has 3 rings (SSSR count). The number of nitrogens with zero attached hydrogens (tertiary/aromatic N) is 4. The monoisotopic (exact) mass is 238 g/mol. The van der Waals surface area contributed by atoms with Crippen LogP contribution in [0.1, 0.15) is 28.7 Å². The second kappa shape index (κ2) is 3.38. The van der Waals surface area contributed by atoms with Crippen molar-refractivity contribution in [2.45, 2.75) is 19.3 Å². The number of hydrogen-bond acceptors (Lipinski definition) is 5. The lowest BCUT2D eigenvalue weighted by Gasteiger charge is -2.08. The summed E-state index contributed by atoms with van der Waals surface area (Å²) < 4.78 is 1.43. The Kier molecular flexibility index (Phi) is 1.96. The zero-order valence-electron chi connectivity index (χ0n) is 9.56. The summed E-state index contributed by atoms with van der Waals surface area (Å²) in [6.07, 6.45) is 2.60. The normalized spacial score (nSPS) is 13.2. The van der Waals surface area contributed by atoms with Crippen LogP contribution in [-0.4, -0.2) is 9.61 Å². The zero-order valence-corrected chi connectivity index (χ0v) is 9.56. The van der Waals surface area contributed by atoms with E-state index in [-0.39, 0.29) is 11.6 Å². The molecule has 1 aliphatic carbocycles. The van der Waals surface area contributed by atoms with E-state index in [1.165, 1.54) is 4.52 Å². The van der Waals surface area contributed by atoms with Gasteiger partial charge in [-0.2, -0.15) is 10.5 Å². The molecule has 4 N–H and O–H groups in total. The number of fused-ring (bicyclic) bond motifs is 3. The summed E-state index contributed by atoms with van der Waals surface area (Å²) in [5.41, 5.74) is 15.1. The van der Waals surface area contributed by atoms with Crippen LogP contribution in [-0.2, 0) is 12.8 Å². The maximum atomic E-state index is 9.21. The van der Waals surface area contributed by atoms with E-state index in [4.69, 9.17) is 16.7 Å². The van der Waals surface area contributed by atoms with Crippen LogP contribution in [0.2, 0.25) is 0 Å². The summed E-state index contributed by atoms with van der Waals surface area (Å²) in [6, 6.07) is 4.19. The molecule has 88 valence electrons. The number of pyridine rings is 1. The van der Waals surface area contributed by atoms with Gasteiger partial charge in [0.15, 0.2) is 5.82 Å². The Hall–Kier alpha value is -2.73. The van der Waals surface area contributed by atoms with Gasteiger partial charge in [0.25, 0.3) is 0 Å². The van der Waals surface area contributed by atoms with Gasteiger partial charge in [-0.3, -0.25) is 0 Å². The third-order valence-corrected chi connectivity index (χ3v) is 3.43. The molecular weight excluding hydrogens is 228 g/mol.